The molecule has 0 aliphatic carbocycles. The number of nitrogens with one attached hydrogen (secondary N) is 3. The Balaban J connectivity index is 1.48. The minimum absolute atomic E-state index is 0.0232. The number of aliphatic hydroxyl groups is 2. The van der Waals surface area contributed by atoms with Crippen molar-refractivity contribution in [3.05, 3.63) is 46.2 Å². The van der Waals surface area contributed by atoms with Crippen LogP contribution in [0.5, 0.6) is 0 Å². The zero-order valence-corrected chi connectivity index (χ0v) is 19.8. The predicted molar refractivity (Wildman–Crippen MR) is 125 cm³/mol. The van der Waals surface area contributed by atoms with E-state index in [9.17, 15) is 24.6 Å². The van der Waals surface area contributed by atoms with Crippen LogP contribution in [0, 0.1) is 0 Å². The van der Waals surface area contributed by atoms with Crippen molar-refractivity contribution in [2.75, 3.05) is 13.1 Å². The third-order valence-corrected chi connectivity index (χ3v) is 7.76. The van der Waals surface area contributed by atoms with Gasteiger partial charge in [-0.1, -0.05) is 35.8 Å². The summed E-state index contributed by atoms with van der Waals surface area (Å²) < 4.78 is 0. The van der Waals surface area contributed by atoms with Gasteiger partial charge in [0.15, 0.2) is 11.6 Å². The number of nitrogens with zero attached hydrogens (tertiary/aromatic N) is 3. The maximum Gasteiger partial charge on any atom is 0.253 e. The van der Waals surface area contributed by atoms with Crippen LogP contribution in [0.4, 0.5) is 0 Å². The number of halogens is 2. The van der Waals surface area contributed by atoms with Gasteiger partial charge in [-0.3, -0.25) is 19.3 Å². The van der Waals surface area contributed by atoms with Gasteiger partial charge in [0.1, 0.15) is 6.04 Å². The molecular weight excluding hydrogens is 501 g/mol. The number of aliphatic imine (C=N–C) groups is 1. The molecule has 4 aliphatic heterocycles. The van der Waals surface area contributed by atoms with Gasteiger partial charge in [0.25, 0.3) is 5.91 Å². The van der Waals surface area contributed by atoms with E-state index in [0.29, 0.717) is 0 Å². The molecule has 3 fully saturated rings. The van der Waals surface area contributed by atoms with Crippen LogP contribution in [0.15, 0.2) is 35.6 Å². The Hall–Kier alpha value is -3.06. The molecule has 4 heterocycles. The van der Waals surface area contributed by atoms with Gasteiger partial charge < -0.3 is 36.8 Å². The van der Waals surface area contributed by atoms with Gasteiger partial charge >= 0.3 is 0 Å². The van der Waals surface area contributed by atoms with Gasteiger partial charge in [-0.15, -0.1) is 0 Å². The molecule has 0 saturated carbocycles. The summed E-state index contributed by atoms with van der Waals surface area (Å²) in [5, 5.41) is 31.8. The van der Waals surface area contributed by atoms with E-state index < -0.39 is 35.5 Å². The molecule has 14 heteroatoms. The average Bonchev–Trinajstić information content (AvgIpc) is 3.38. The van der Waals surface area contributed by atoms with Gasteiger partial charge in [0.2, 0.25) is 17.6 Å². The minimum atomic E-state index is -2.61. The Morgan fingerprint density at radius 1 is 1.29 bits per heavy atom. The lowest BCUT2D eigenvalue weighted by Crippen LogP contribution is -2.78. The lowest BCUT2D eigenvalue weighted by atomic mass is 9.85. The molecule has 7 N–H and O–H groups in total. The number of hydrogen-bond donors (Lipinski definition) is 6. The summed E-state index contributed by atoms with van der Waals surface area (Å²) in [6, 6.07) is 1.58. The fourth-order valence-electron chi connectivity index (χ4n) is 5.29. The van der Waals surface area contributed by atoms with Gasteiger partial charge in [-0.2, -0.15) is 0 Å². The number of hydrogen-bond acceptors (Lipinski definition) is 10. The number of guanidine groups is 1. The molecule has 3 amide bonds. The molecular formula is C21H23Cl2N7O5. The van der Waals surface area contributed by atoms with Gasteiger partial charge in [0.05, 0.1) is 40.1 Å². The van der Waals surface area contributed by atoms with E-state index >= 15 is 0 Å². The van der Waals surface area contributed by atoms with Crippen molar-refractivity contribution in [1.29, 1.82) is 0 Å². The van der Waals surface area contributed by atoms with E-state index in [2.05, 4.69) is 27.5 Å². The summed E-state index contributed by atoms with van der Waals surface area (Å²) in [6.45, 7) is 3.61. The first kappa shape index (κ1) is 23.7. The smallest absolute Gasteiger partial charge is 0.253 e. The van der Waals surface area contributed by atoms with Crippen molar-refractivity contribution < 1.29 is 24.6 Å². The van der Waals surface area contributed by atoms with Gasteiger partial charge in [-0.25, -0.2) is 4.99 Å². The van der Waals surface area contributed by atoms with Crippen LogP contribution in [0.1, 0.15) is 23.2 Å². The number of likely N-dealkylation sites (tertiary alicyclic amines) is 1. The number of amides is 3. The highest BCUT2D eigenvalue weighted by molar-refractivity contribution is 6.43. The van der Waals surface area contributed by atoms with Gasteiger partial charge in [-0.05, 0) is 12.1 Å². The summed E-state index contributed by atoms with van der Waals surface area (Å²) >= 11 is 12.2. The first-order valence-corrected chi connectivity index (χ1v) is 11.6. The molecule has 0 aromatic heterocycles. The molecule has 0 bridgehead atoms. The van der Waals surface area contributed by atoms with Crippen LogP contribution in [-0.2, 0) is 9.59 Å². The molecule has 0 unspecified atom stereocenters. The lowest BCUT2D eigenvalue weighted by molar-refractivity contribution is -0.231. The monoisotopic (exact) mass is 523 g/mol. The SMILES string of the molecule is C=C1N[C@H]2[C@H](CN3C(=O)CCC3=O)N=C(N)N3C[C@H](NC(=O)c4cccc(Cl)c4Cl)C(O)(O)[C@]23N1. The van der Waals surface area contributed by atoms with Crippen LogP contribution < -0.4 is 21.7 Å². The highest BCUT2D eigenvalue weighted by Gasteiger charge is 2.73. The zero-order chi connectivity index (χ0) is 25.3. The Kier molecular flexibility index (Phi) is 5.40. The van der Waals surface area contributed by atoms with Crippen molar-refractivity contribution in [3.63, 3.8) is 0 Å². The topological polar surface area (TPSA) is 173 Å². The number of nitrogens with two attached hydrogens (primary N) is 1. The predicted octanol–water partition coefficient (Wildman–Crippen LogP) is -1.34. The number of carbonyl (C=O) groups excluding carboxylic acids is 3. The quantitative estimate of drug-likeness (QED) is 0.206. The fraction of sp³-hybridized carbons (Fsp3) is 0.429. The summed E-state index contributed by atoms with van der Waals surface area (Å²) in [6.07, 6.45) is 0.213. The highest BCUT2D eigenvalue weighted by atomic mass is 35.5. The maximum absolute atomic E-state index is 13.0. The maximum atomic E-state index is 13.0. The normalized spacial score (nSPS) is 31.0. The second-order valence-electron chi connectivity index (χ2n) is 8.91. The Morgan fingerprint density at radius 2 is 1.97 bits per heavy atom. The lowest BCUT2D eigenvalue weighted by Gasteiger charge is -2.49. The molecule has 3 saturated heterocycles. The van der Waals surface area contributed by atoms with Crippen LogP contribution in [-0.4, -0.2) is 86.4 Å². The zero-order valence-electron chi connectivity index (χ0n) is 18.3. The Morgan fingerprint density at radius 3 is 2.66 bits per heavy atom. The number of rotatable bonds is 4. The molecule has 1 spiro atoms. The van der Waals surface area contributed by atoms with Crippen molar-refractivity contribution >= 4 is 46.9 Å². The van der Waals surface area contributed by atoms with E-state index in [1.54, 1.807) is 6.07 Å². The standard InChI is InChI=1S/C21H23Cl2N7O5/c1-9-25-17-12(7-29-14(31)5-6-15(29)32)26-19(24)30-8-13(21(34,35)20(17,30)28-9)27-18(33)10-3-2-4-11(22)16(10)23/h2-4,12-13,17,25,28,34-35H,1,5-8H2,(H2,24,26)(H,27,33)/t12-,13-,17-,20-/m0/s1. The largest absolute Gasteiger partial charge is 0.370 e. The molecule has 5 rings (SSSR count). The van der Waals surface area contributed by atoms with E-state index in [4.69, 9.17) is 28.9 Å². The first-order valence-electron chi connectivity index (χ1n) is 10.8. The number of benzene rings is 1. The Labute approximate surface area is 209 Å². The van der Waals surface area contributed by atoms with Crippen LogP contribution in [0.25, 0.3) is 0 Å². The number of carbonyl (C=O) groups is 3. The van der Waals surface area contributed by atoms with Crippen LogP contribution >= 0.6 is 23.2 Å². The van der Waals surface area contributed by atoms with E-state index in [0.717, 1.165) is 4.90 Å². The molecule has 12 nitrogen and oxygen atoms in total. The number of imide groups is 1. The second-order valence-corrected chi connectivity index (χ2v) is 9.69. The highest BCUT2D eigenvalue weighted by Crippen LogP contribution is 2.45. The molecule has 0 radical (unpaired) electrons. The van der Waals surface area contributed by atoms with Crippen molar-refractivity contribution in [2.45, 2.75) is 42.4 Å². The molecule has 186 valence electrons. The van der Waals surface area contributed by atoms with Crippen molar-refractivity contribution in [1.82, 2.24) is 25.8 Å². The third kappa shape index (κ3) is 3.35. The molecule has 35 heavy (non-hydrogen) atoms. The molecule has 4 atom stereocenters. The molecule has 1 aromatic rings. The van der Waals surface area contributed by atoms with E-state index in [1.807, 2.05) is 0 Å². The van der Waals surface area contributed by atoms with E-state index in [1.165, 1.54) is 17.0 Å². The van der Waals surface area contributed by atoms with Crippen molar-refractivity contribution in [3.8, 4) is 0 Å². The van der Waals surface area contributed by atoms with Crippen LogP contribution in [0.2, 0.25) is 10.0 Å². The van der Waals surface area contributed by atoms with Gasteiger partial charge in [0, 0.05) is 19.4 Å². The van der Waals surface area contributed by atoms with E-state index in [-0.39, 0.29) is 65.1 Å². The molecule has 1 aromatic carbocycles. The second kappa shape index (κ2) is 7.98. The minimum Gasteiger partial charge on any atom is -0.370 e. The summed E-state index contributed by atoms with van der Waals surface area (Å²) in [7, 11) is 0. The summed E-state index contributed by atoms with van der Waals surface area (Å²) in [4.78, 5) is 44.4. The average molecular weight is 524 g/mol. The fourth-order valence-corrected chi connectivity index (χ4v) is 5.68. The van der Waals surface area contributed by atoms with Crippen LogP contribution in [0.3, 0.4) is 0 Å². The third-order valence-electron chi connectivity index (χ3n) is 6.94. The summed E-state index contributed by atoms with van der Waals surface area (Å²) in [5.41, 5.74) is 4.59. The van der Waals surface area contributed by atoms with Crippen molar-refractivity contribution in [2.24, 2.45) is 10.7 Å². The first-order chi connectivity index (χ1) is 16.5. The Bertz CT molecular complexity index is 1170. The summed E-state index contributed by atoms with van der Waals surface area (Å²) in [5.74, 6) is -3.75. The molecule has 4 aliphatic rings.